The molecule has 10 heteroatoms. The Kier molecular flexibility index (Phi) is 6.22. The fourth-order valence-electron chi connectivity index (χ4n) is 2.08. The third-order valence-electron chi connectivity index (χ3n) is 3.46. The average Bonchev–Trinajstić information content (AvgIpc) is 3.12. The van der Waals surface area contributed by atoms with E-state index in [2.05, 4.69) is 14.7 Å². The molecule has 2 aromatic rings. The van der Waals surface area contributed by atoms with Gasteiger partial charge in [-0.3, -0.25) is 9.59 Å². The molecule has 0 bridgehead atoms. The Bertz CT molecular complexity index is 767. The van der Waals surface area contributed by atoms with Crippen molar-refractivity contribution < 1.29 is 36.8 Å². The van der Waals surface area contributed by atoms with Crippen LogP contribution in [0.2, 0.25) is 0 Å². The molecule has 0 N–H and O–H groups in total. The molecular formula is C16H15F3N2O5. The molecule has 0 saturated heterocycles. The molecule has 0 aliphatic heterocycles. The second kappa shape index (κ2) is 8.19. The molecule has 1 heterocycles. The molecule has 0 saturated carbocycles. The molecule has 0 atom stereocenters. The summed E-state index contributed by atoms with van der Waals surface area (Å²) in [5.41, 5.74) is 0.316. The summed E-state index contributed by atoms with van der Waals surface area (Å²) in [6, 6.07) is 5.28. The normalized spacial score (nSPS) is 11.8. The lowest BCUT2D eigenvalue weighted by atomic mass is 10.0. The van der Waals surface area contributed by atoms with Crippen molar-refractivity contribution in [1.82, 2.24) is 10.1 Å². The van der Waals surface area contributed by atoms with Gasteiger partial charge in [0.2, 0.25) is 17.4 Å². The minimum Gasteiger partial charge on any atom is -0.356 e. The van der Waals surface area contributed by atoms with Crippen LogP contribution in [0.1, 0.15) is 29.1 Å². The van der Waals surface area contributed by atoms with Crippen LogP contribution in [0.5, 0.6) is 0 Å². The van der Waals surface area contributed by atoms with Gasteiger partial charge in [0.05, 0.1) is 0 Å². The van der Waals surface area contributed by atoms with Crippen molar-refractivity contribution in [3.8, 4) is 11.4 Å². The van der Waals surface area contributed by atoms with Crippen molar-refractivity contribution in [2.45, 2.75) is 25.3 Å². The Morgan fingerprint density at radius 1 is 1.15 bits per heavy atom. The molecule has 0 spiro atoms. The second-order valence-electron chi connectivity index (χ2n) is 5.19. The summed E-state index contributed by atoms with van der Waals surface area (Å²) in [4.78, 5) is 27.3. The zero-order chi connectivity index (χ0) is 19.3. The number of methoxy groups -OCH3 is 2. The summed E-state index contributed by atoms with van der Waals surface area (Å²) in [5, 5.41) is 3.24. The summed E-state index contributed by atoms with van der Waals surface area (Å²) >= 11 is 0. The SMILES string of the molecule is COC(CCC(=O)C(=O)c1ccc(-c2noc(C(F)(F)F)n2)cc1)OC. The molecule has 0 aliphatic rings. The largest absolute Gasteiger partial charge is 0.471 e. The standard InChI is InChI=1S/C16H15F3N2O5/c1-24-12(25-2)8-7-11(22)13(23)9-3-5-10(6-4-9)14-20-15(26-21-14)16(17,18)19/h3-6,12H,7-8H2,1-2H3. The summed E-state index contributed by atoms with van der Waals surface area (Å²) in [5.74, 6) is -3.08. The maximum atomic E-state index is 12.5. The van der Waals surface area contributed by atoms with E-state index in [1.165, 1.54) is 38.5 Å². The zero-order valence-electron chi connectivity index (χ0n) is 13.9. The molecule has 26 heavy (non-hydrogen) atoms. The first-order valence-electron chi connectivity index (χ1n) is 7.40. The van der Waals surface area contributed by atoms with Crippen molar-refractivity contribution in [3.63, 3.8) is 0 Å². The van der Waals surface area contributed by atoms with Gasteiger partial charge in [0.25, 0.3) is 0 Å². The van der Waals surface area contributed by atoms with Gasteiger partial charge in [-0.15, -0.1) is 0 Å². The Labute approximate surface area is 146 Å². The summed E-state index contributed by atoms with van der Waals surface area (Å²) in [7, 11) is 2.84. The van der Waals surface area contributed by atoms with Crippen molar-refractivity contribution in [2.24, 2.45) is 0 Å². The number of rotatable bonds is 8. The zero-order valence-corrected chi connectivity index (χ0v) is 13.9. The van der Waals surface area contributed by atoms with Gasteiger partial charge in [0, 0.05) is 38.2 Å². The second-order valence-corrected chi connectivity index (χ2v) is 5.19. The average molecular weight is 372 g/mol. The van der Waals surface area contributed by atoms with Gasteiger partial charge in [-0.1, -0.05) is 29.4 Å². The Hall–Kier alpha value is -2.59. The summed E-state index contributed by atoms with van der Waals surface area (Å²) < 4.78 is 51.4. The molecular weight excluding hydrogens is 357 g/mol. The minimum absolute atomic E-state index is 0.0628. The fraction of sp³-hybridized carbons (Fsp3) is 0.375. The number of ketones is 2. The van der Waals surface area contributed by atoms with Crippen LogP contribution in [0.15, 0.2) is 28.8 Å². The molecule has 0 unspecified atom stereocenters. The van der Waals surface area contributed by atoms with Gasteiger partial charge in [0.15, 0.2) is 6.29 Å². The number of carbonyl (C=O) groups is 2. The molecule has 140 valence electrons. The molecule has 1 aromatic carbocycles. The van der Waals surface area contributed by atoms with E-state index in [4.69, 9.17) is 9.47 Å². The highest BCUT2D eigenvalue weighted by molar-refractivity contribution is 6.43. The van der Waals surface area contributed by atoms with Crippen molar-refractivity contribution in [1.29, 1.82) is 0 Å². The van der Waals surface area contributed by atoms with Crippen LogP contribution in [0, 0.1) is 0 Å². The molecule has 0 radical (unpaired) electrons. The lowest BCUT2D eigenvalue weighted by molar-refractivity contribution is -0.159. The number of alkyl halides is 3. The molecule has 1 aromatic heterocycles. The van der Waals surface area contributed by atoms with E-state index in [9.17, 15) is 22.8 Å². The number of hydrogen-bond donors (Lipinski definition) is 0. The van der Waals surface area contributed by atoms with Crippen LogP contribution >= 0.6 is 0 Å². The van der Waals surface area contributed by atoms with Gasteiger partial charge >= 0.3 is 12.1 Å². The fourth-order valence-corrected chi connectivity index (χ4v) is 2.08. The third kappa shape index (κ3) is 4.73. The first-order valence-corrected chi connectivity index (χ1v) is 7.40. The molecule has 0 amide bonds. The van der Waals surface area contributed by atoms with Crippen LogP contribution in [0.4, 0.5) is 13.2 Å². The van der Waals surface area contributed by atoms with Crippen LogP contribution in [0.3, 0.4) is 0 Å². The first-order chi connectivity index (χ1) is 12.3. The third-order valence-corrected chi connectivity index (χ3v) is 3.46. The number of nitrogens with zero attached hydrogens (tertiary/aromatic N) is 2. The minimum atomic E-state index is -4.74. The lowest BCUT2D eigenvalue weighted by Gasteiger charge is -2.11. The quantitative estimate of drug-likeness (QED) is 0.400. The van der Waals surface area contributed by atoms with Crippen molar-refractivity contribution >= 4 is 11.6 Å². The number of aromatic nitrogens is 2. The van der Waals surface area contributed by atoms with E-state index in [0.29, 0.717) is 0 Å². The maximum Gasteiger partial charge on any atom is 0.471 e. The van der Waals surface area contributed by atoms with Gasteiger partial charge in [-0.05, 0) is 0 Å². The Morgan fingerprint density at radius 3 is 2.27 bits per heavy atom. The number of halogens is 3. The van der Waals surface area contributed by atoms with E-state index in [-0.39, 0.29) is 29.8 Å². The summed E-state index contributed by atoms with van der Waals surface area (Å²) in [6.45, 7) is 0. The monoisotopic (exact) mass is 372 g/mol. The van der Waals surface area contributed by atoms with E-state index >= 15 is 0 Å². The highest BCUT2D eigenvalue weighted by Gasteiger charge is 2.38. The number of benzene rings is 1. The van der Waals surface area contributed by atoms with Gasteiger partial charge < -0.3 is 14.0 Å². The van der Waals surface area contributed by atoms with Crippen molar-refractivity contribution in [2.75, 3.05) is 14.2 Å². The van der Waals surface area contributed by atoms with Crippen LogP contribution in [-0.4, -0.2) is 42.2 Å². The van der Waals surface area contributed by atoms with E-state index < -0.39 is 29.9 Å². The van der Waals surface area contributed by atoms with Crippen LogP contribution in [0.25, 0.3) is 11.4 Å². The predicted octanol–water partition coefficient (Wildman–Crippen LogP) is 2.91. The molecule has 0 fully saturated rings. The highest BCUT2D eigenvalue weighted by atomic mass is 19.4. The number of ether oxygens (including phenoxy) is 2. The highest BCUT2D eigenvalue weighted by Crippen LogP contribution is 2.29. The lowest BCUT2D eigenvalue weighted by Crippen LogP contribution is -2.19. The van der Waals surface area contributed by atoms with Crippen LogP contribution < -0.4 is 0 Å². The molecule has 7 nitrogen and oxygen atoms in total. The topological polar surface area (TPSA) is 91.5 Å². The molecule has 0 aliphatic carbocycles. The molecule has 2 rings (SSSR count). The van der Waals surface area contributed by atoms with Gasteiger partial charge in [-0.25, -0.2) is 0 Å². The van der Waals surface area contributed by atoms with E-state index in [1.54, 1.807) is 0 Å². The number of hydrogen-bond acceptors (Lipinski definition) is 7. The number of Topliss-reactive ketones (excluding diaryl/α,β-unsaturated/α-hetero) is 2. The van der Waals surface area contributed by atoms with Gasteiger partial charge in [0.1, 0.15) is 0 Å². The predicted molar refractivity (Wildman–Crippen MR) is 81.1 cm³/mol. The number of carbonyl (C=O) groups excluding carboxylic acids is 2. The van der Waals surface area contributed by atoms with Gasteiger partial charge in [-0.2, -0.15) is 18.2 Å². The van der Waals surface area contributed by atoms with Crippen molar-refractivity contribution in [3.05, 3.63) is 35.7 Å². The Balaban J connectivity index is 2.05. The van der Waals surface area contributed by atoms with Crippen LogP contribution in [-0.2, 0) is 20.4 Å². The Morgan fingerprint density at radius 2 is 1.77 bits per heavy atom. The summed E-state index contributed by atoms with van der Waals surface area (Å²) in [6.07, 6.45) is -5.17. The van der Waals surface area contributed by atoms with E-state index in [0.717, 1.165) is 0 Å². The maximum absolute atomic E-state index is 12.5. The van der Waals surface area contributed by atoms with E-state index in [1.807, 2.05) is 0 Å². The smallest absolute Gasteiger partial charge is 0.356 e. The first kappa shape index (κ1) is 19.7.